The van der Waals surface area contributed by atoms with E-state index in [0.29, 0.717) is 4.83 Å². The van der Waals surface area contributed by atoms with E-state index in [1.165, 1.54) is 0 Å². The maximum atomic E-state index is 5.69. The van der Waals surface area contributed by atoms with Gasteiger partial charge >= 0.3 is 0 Å². The molecular weight excluding hydrogens is 296 g/mol. The van der Waals surface area contributed by atoms with E-state index in [-0.39, 0.29) is 6.10 Å². The molecule has 0 bridgehead atoms. The predicted molar refractivity (Wildman–Crippen MR) is 63.0 cm³/mol. The van der Waals surface area contributed by atoms with Crippen LogP contribution in [0.25, 0.3) is 0 Å². The highest BCUT2D eigenvalue weighted by atomic mass is 79.9. The van der Waals surface area contributed by atoms with Gasteiger partial charge in [0.1, 0.15) is 11.9 Å². The minimum Gasteiger partial charge on any atom is -0.490 e. The van der Waals surface area contributed by atoms with Crippen LogP contribution in [0.1, 0.15) is 6.92 Å². The van der Waals surface area contributed by atoms with E-state index in [4.69, 9.17) is 4.74 Å². The maximum Gasteiger partial charge on any atom is 0.119 e. The van der Waals surface area contributed by atoms with E-state index in [9.17, 15) is 0 Å². The summed E-state index contributed by atoms with van der Waals surface area (Å²) in [6.45, 7) is 2.05. The highest BCUT2D eigenvalue weighted by Crippen LogP contribution is 2.17. The van der Waals surface area contributed by atoms with Gasteiger partial charge in [-0.15, -0.1) is 0 Å². The summed E-state index contributed by atoms with van der Waals surface area (Å²) in [6.07, 6.45) is 0.168. The molecule has 0 amide bonds. The highest BCUT2D eigenvalue weighted by molar-refractivity contribution is 9.12. The molecule has 0 aliphatic rings. The second-order valence-corrected chi connectivity index (χ2v) is 4.63. The summed E-state index contributed by atoms with van der Waals surface area (Å²) in [5.74, 6) is 0.917. The first-order valence-corrected chi connectivity index (χ1v) is 6.19. The van der Waals surface area contributed by atoms with Gasteiger partial charge in [-0.3, -0.25) is 0 Å². The average Bonchev–Trinajstić information content (AvgIpc) is 2.18. The lowest BCUT2D eigenvalue weighted by Gasteiger charge is -2.18. The van der Waals surface area contributed by atoms with Crippen LogP contribution in [-0.2, 0) is 0 Å². The number of benzene rings is 1. The Kier molecular flexibility index (Phi) is 4.81. The Morgan fingerprint density at radius 2 is 1.92 bits per heavy atom. The first-order valence-electron chi connectivity index (χ1n) is 4.15. The SMILES string of the molecule is CC(Oc1ccccc1)C(Br)CBr. The quantitative estimate of drug-likeness (QED) is 0.772. The molecule has 0 aliphatic heterocycles. The highest BCUT2D eigenvalue weighted by Gasteiger charge is 2.13. The minimum atomic E-state index is 0.168. The van der Waals surface area contributed by atoms with Gasteiger partial charge in [0.25, 0.3) is 0 Å². The summed E-state index contributed by atoms with van der Waals surface area (Å²) >= 11 is 6.93. The van der Waals surface area contributed by atoms with Crippen LogP contribution in [-0.4, -0.2) is 16.3 Å². The van der Waals surface area contributed by atoms with Crippen LogP contribution in [0.15, 0.2) is 30.3 Å². The number of hydrogen-bond donors (Lipinski definition) is 0. The Hall–Kier alpha value is -0.0200. The van der Waals surface area contributed by atoms with Gasteiger partial charge in [-0.25, -0.2) is 0 Å². The van der Waals surface area contributed by atoms with Crippen molar-refractivity contribution in [2.24, 2.45) is 0 Å². The number of halogens is 2. The van der Waals surface area contributed by atoms with E-state index >= 15 is 0 Å². The molecule has 3 heteroatoms. The zero-order chi connectivity index (χ0) is 9.68. The van der Waals surface area contributed by atoms with Crippen LogP contribution in [0.3, 0.4) is 0 Å². The van der Waals surface area contributed by atoms with Crippen molar-refractivity contribution in [3.05, 3.63) is 30.3 Å². The molecular formula is C10H12Br2O. The van der Waals surface area contributed by atoms with Crippen molar-refractivity contribution in [2.45, 2.75) is 17.9 Å². The molecule has 0 aromatic heterocycles. The molecule has 0 saturated carbocycles. The molecule has 2 unspecified atom stereocenters. The molecule has 1 rings (SSSR count). The van der Waals surface area contributed by atoms with Crippen LogP contribution in [0.5, 0.6) is 5.75 Å². The van der Waals surface area contributed by atoms with Gasteiger partial charge in [0.15, 0.2) is 0 Å². The van der Waals surface area contributed by atoms with Crippen LogP contribution in [0.2, 0.25) is 0 Å². The normalized spacial score (nSPS) is 15.0. The minimum absolute atomic E-state index is 0.168. The summed E-state index contributed by atoms with van der Waals surface area (Å²) in [7, 11) is 0. The number of para-hydroxylation sites is 1. The van der Waals surface area contributed by atoms with Crippen molar-refractivity contribution in [1.82, 2.24) is 0 Å². The lowest BCUT2D eigenvalue weighted by molar-refractivity contribution is 0.226. The fourth-order valence-electron chi connectivity index (χ4n) is 0.913. The van der Waals surface area contributed by atoms with E-state index in [1.807, 2.05) is 37.3 Å². The Bertz CT molecular complexity index is 238. The van der Waals surface area contributed by atoms with Crippen molar-refractivity contribution in [3.8, 4) is 5.75 Å². The molecule has 2 atom stereocenters. The topological polar surface area (TPSA) is 9.23 Å². The molecule has 1 aromatic rings. The fraction of sp³-hybridized carbons (Fsp3) is 0.400. The Morgan fingerprint density at radius 3 is 2.46 bits per heavy atom. The second-order valence-electron chi connectivity index (χ2n) is 2.81. The van der Waals surface area contributed by atoms with Gasteiger partial charge in [-0.1, -0.05) is 50.1 Å². The molecule has 0 saturated heterocycles. The zero-order valence-electron chi connectivity index (χ0n) is 7.41. The third kappa shape index (κ3) is 3.69. The number of hydrogen-bond acceptors (Lipinski definition) is 1. The lowest BCUT2D eigenvalue weighted by atomic mass is 10.3. The first kappa shape index (κ1) is 11.1. The molecule has 0 fully saturated rings. The molecule has 0 N–H and O–H groups in total. The van der Waals surface area contributed by atoms with Crippen LogP contribution in [0, 0.1) is 0 Å². The van der Waals surface area contributed by atoms with Crippen LogP contribution in [0.4, 0.5) is 0 Å². The molecule has 0 radical (unpaired) electrons. The van der Waals surface area contributed by atoms with Crippen molar-refractivity contribution < 1.29 is 4.74 Å². The van der Waals surface area contributed by atoms with Gasteiger partial charge in [0.2, 0.25) is 0 Å². The van der Waals surface area contributed by atoms with Crippen molar-refractivity contribution in [2.75, 3.05) is 5.33 Å². The van der Waals surface area contributed by atoms with Crippen molar-refractivity contribution >= 4 is 31.9 Å². The summed E-state index contributed by atoms with van der Waals surface area (Å²) in [4.78, 5) is 0.340. The smallest absolute Gasteiger partial charge is 0.119 e. The van der Waals surface area contributed by atoms with Crippen LogP contribution >= 0.6 is 31.9 Å². The van der Waals surface area contributed by atoms with E-state index in [0.717, 1.165) is 11.1 Å². The number of alkyl halides is 2. The van der Waals surface area contributed by atoms with Crippen LogP contribution < -0.4 is 4.74 Å². The van der Waals surface area contributed by atoms with Crippen molar-refractivity contribution in [3.63, 3.8) is 0 Å². The maximum absolute atomic E-state index is 5.69. The molecule has 1 aromatic carbocycles. The lowest BCUT2D eigenvalue weighted by Crippen LogP contribution is -2.24. The monoisotopic (exact) mass is 306 g/mol. The molecule has 0 spiro atoms. The van der Waals surface area contributed by atoms with E-state index in [1.54, 1.807) is 0 Å². The molecule has 0 aliphatic carbocycles. The van der Waals surface area contributed by atoms with Gasteiger partial charge in [0.05, 0.1) is 4.83 Å². The molecule has 1 nitrogen and oxygen atoms in total. The molecule has 0 heterocycles. The number of rotatable bonds is 4. The van der Waals surface area contributed by atoms with Gasteiger partial charge in [-0.2, -0.15) is 0 Å². The average molecular weight is 308 g/mol. The number of ether oxygens (including phenoxy) is 1. The summed E-state index contributed by atoms with van der Waals surface area (Å²) < 4.78 is 5.69. The fourth-order valence-corrected chi connectivity index (χ4v) is 1.55. The van der Waals surface area contributed by atoms with Gasteiger partial charge < -0.3 is 4.74 Å². The Labute approximate surface area is 95.7 Å². The third-order valence-corrected chi connectivity index (χ3v) is 4.36. The standard InChI is InChI=1S/C10H12Br2O/c1-8(10(12)7-11)13-9-5-3-2-4-6-9/h2-6,8,10H,7H2,1H3. The largest absolute Gasteiger partial charge is 0.490 e. The predicted octanol–water partition coefficient (Wildman–Crippen LogP) is 3.61. The first-order chi connectivity index (χ1) is 6.24. The Balaban J connectivity index is 2.50. The summed E-state index contributed by atoms with van der Waals surface area (Å²) in [5.41, 5.74) is 0. The zero-order valence-corrected chi connectivity index (χ0v) is 10.6. The van der Waals surface area contributed by atoms with Gasteiger partial charge in [0, 0.05) is 5.33 Å². The van der Waals surface area contributed by atoms with Crippen molar-refractivity contribution in [1.29, 1.82) is 0 Å². The van der Waals surface area contributed by atoms with E-state index < -0.39 is 0 Å². The summed E-state index contributed by atoms with van der Waals surface area (Å²) in [5, 5.41) is 0.890. The summed E-state index contributed by atoms with van der Waals surface area (Å²) in [6, 6.07) is 9.85. The molecule has 13 heavy (non-hydrogen) atoms. The second kappa shape index (κ2) is 5.66. The van der Waals surface area contributed by atoms with E-state index in [2.05, 4.69) is 31.9 Å². The third-order valence-electron chi connectivity index (χ3n) is 1.72. The molecule has 72 valence electrons. The Morgan fingerprint density at radius 1 is 1.31 bits per heavy atom. The van der Waals surface area contributed by atoms with Gasteiger partial charge in [-0.05, 0) is 19.1 Å².